The first-order chi connectivity index (χ1) is 8.27. The molecule has 1 rings (SSSR count). The predicted octanol–water partition coefficient (Wildman–Crippen LogP) is 2.16. The Hall–Kier alpha value is -1.98. The van der Waals surface area contributed by atoms with Gasteiger partial charge in [0.25, 0.3) is 5.69 Å². The minimum Gasteiger partial charge on any atom is -0.285 e. The molecule has 0 N–H and O–H groups in total. The third-order valence-electron chi connectivity index (χ3n) is 1.10. The summed E-state index contributed by atoms with van der Waals surface area (Å²) in [5.41, 5.74) is -1.24. The molecule has 0 spiro atoms. The molecule has 14 heavy (non-hydrogen) atoms. The molecule has 0 aliphatic rings. The Morgan fingerprint density at radius 2 is 2.29 bits per heavy atom. The maximum Gasteiger partial charge on any atom is 0.271 e. The highest BCUT2D eigenvalue weighted by molar-refractivity contribution is 5.45. The van der Waals surface area contributed by atoms with Gasteiger partial charge in [-0.1, -0.05) is 11.3 Å². The van der Waals surface area contributed by atoms with E-state index >= 15 is 0 Å². The maximum absolute atomic E-state index is 10.7. The van der Waals surface area contributed by atoms with E-state index in [4.69, 9.17) is 5.48 Å². The van der Waals surface area contributed by atoms with Crippen LogP contribution in [0.15, 0.2) is 34.5 Å². The molecule has 0 unspecified atom stereocenters. The van der Waals surface area contributed by atoms with Crippen LogP contribution in [-0.4, -0.2) is 24.0 Å². The Labute approximate surface area is 86.6 Å². The van der Waals surface area contributed by atoms with Crippen molar-refractivity contribution in [1.82, 2.24) is 5.01 Å². The van der Waals surface area contributed by atoms with Gasteiger partial charge < -0.3 is 0 Å². The second kappa shape index (κ2) is 4.31. The Morgan fingerprint density at radius 3 is 2.86 bits per heavy atom. The van der Waals surface area contributed by atoms with E-state index in [1.807, 2.05) is 0 Å². The standard InChI is InChI=1S/C8H10N4O2/c1-11(2)10-9-7-4-3-5-8(6-7)12(13)14/h3-6H,1-2H3/i3D,4D,5D,6D. The molecule has 0 aromatic heterocycles. The van der Waals surface area contributed by atoms with Crippen LogP contribution >= 0.6 is 0 Å². The molecule has 0 aliphatic carbocycles. The van der Waals surface area contributed by atoms with E-state index in [0.717, 1.165) is 0 Å². The van der Waals surface area contributed by atoms with Crippen molar-refractivity contribution in [2.75, 3.05) is 14.1 Å². The monoisotopic (exact) mass is 198 g/mol. The van der Waals surface area contributed by atoms with Crippen LogP contribution in [0.1, 0.15) is 5.48 Å². The van der Waals surface area contributed by atoms with E-state index in [9.17, 15) is 10.1 Å². The third-order valence-corrected chi connectivity index (χ3v) is 1.10. The van der Waals surface area contributed by atoms with E-state index in [1.165, 1.54) is 5.01 Å². The highest BCUT2D eigenvalue weighted by atomic mass is 16.6. The number of hydrogen-bond donors (Lipinski definition) is 0. The fraction of sp³-hybridized carbons (Fsp3) is 0.250. The number of nitro groups is 1. The summed E-state index contributed by atoms with van der Waals surface area (Å²) in [6.07, 6.45) is 0. The lowest BCUT2D eigenvalue weighted by molar-refractivity contribution is -0.384. The van der Waals surface area contributed by atoms with E-state index in [1.54, 1.807) is 14.1 Å². The molecule has 1 aromatic rings. The lowest BCUT2D eigenvalue weighted by Gasteiger charge is -1.99. The van der Waals surface area contributed by atoms with Gasteiger partial charge in [-0.25, -0.2) is 0 Å². The normalized spacial score (nSPS) is 14.4. The zero-order chi connectivity index (χ0) is 14.0. The molecule has 6 nitrogen and oxygen atoms in total. The van der Waals surface area contributed by atoms with Crippen molar-refractivity contribution in [3.63, 3.8) is 0 Å². The van der Waals surface area contributed by atoms with Crippen molar-refractivity contribution in [3.05, 3.63) is 34.3 Å². The van der Waals surface area contributed by atoms with Crippen LogP contribution in [0.4, 0.5) is 11.4 Å². The number of rotatable bonds is 3. The van der Waals surface area contributed by atoms with Crippen molar-refractivity contribution >= 4 is 11.4 Å². The van der Waals surface area contributed by atoms with Gasteiger partial charge in [0.05, 0.1) is 16.1 Å². The second-order valence-corrected chi connectivity index (χ2v) is 2.49. The van der Waals surface area contributed by atoms with Crippen LogP contribution in [0.3, 0.4) is 0 Å². The van der Waals surface area contributed by atoms with Crippen LogP contribution in [0.5, 0.6) is 0 Å². The van der Waals surface area contributed by atoms with Gasteiger partial charge in [0, 0.05) is 26.2 Å². The van der Waals surface area contributed by atoms with E-state index in [0.29, 0.717) is 0 Å². The molecule has 0 aliphatic heterocycles. The maximum atomic E-state index is 10.7. The Bertz CT molecular complexity index is 533. The summed E-state index contributed by atoms with van der Waals surface area (Å²) in [7, 11) is 3.09. The van der Waals surface area contributed by atoms with Gasteiger partial charge in [-0.2, -0.15) is 0 Å². The summed E-state index contributed by atoms with van der Waals surface area (Å²) in [6.45, 7) is 0. The lowest BCUT2D eigenvalue weighted by atomic mass is 10.3. The largest absolute Gasteiger partial charge is 0.285 e. The summed E-state index contributed by atoms with van der Waals surface area (Å²) < 4.78 is 29.9. The van der Waals surface area contributed by atoms with Gasteiger partial charge in [0.1, 0.15) is 0 Å². The number of hydrogen-bond acceptors (Lipinski definition) is 4. The van der Waals surface area contributed by atoms with E-state index < -0.39 is 40.5 Å². The fourth-order valence-corrected chi connectivity index (χ4v) is 0.600. The smallest absolute Gasteiger partial charge is 0.271 e. The van der Waals surface area contributed by atoms with Crippen LogP contribution in [0.25, 0.3) is 0 Å². The van der Waals surface area contributed by atoms with Crippen LogP contribution in [-0.2, 0) is 0 Å². The van der Waals surface area contributed by atoms with Gasteiger partial charge in [-0.15, -0.1) is 5.11 Å². The molecule has 0 atom stereocenters. The van der Waals surface area contributed by atoms with Gasteiger partial charge in [-0.05, 0) is 6.04 Å². The Morgan fingerprint density at radius 1 is 1.57 bits per heavy atom. The molecule has 74 valence electrons. The minimum atomic E-state index is -0.934. The van der Waals surface area contributed by atoms with Gasteiger partial charge in [0.2, 0.25) is 0 Å². The summed E-state index contributed by atoms with van der Waals surface area (Å²) in [5, 5.41) is 19.1. The molecular weight excluding hydrogens is 184 g/mol. The molecule has 0 heterocycles. The third kappa shape index (κ3) is 2.81. The second-order valence-electron chi connectivity index (χ2n) is 2.49. The predicted molar refractivity (Wildman–Crippen MR) is 51.3 cm³/mol. The molecule has 0 saturated heterocycles. The lowest BCUT2D eigenvalue weighted by Crippen LogP contribution is -1.98. The minimum absolute atomic E-state index is 0.392. The van der Waals surface area contributed by atoms with Crippen LogP contribution in [0.2, 0.25) is 0 Å². The van der Waals surface area contributed by atoms with Gasteiger partial charge in [-0.3, -0.25) is 15.1 Å². The first-order valence-corrected chi connectivity index (χ1v) is 3.61. The highest BCUT2D eigenvalue weighted by Crippen LogP contribution is 2.19. The molecule has 1 aromatic carbocycles. The van der Waals surface area contributed by atoms with Crippen LogP contribution in [0, 0.1) is 10.1 Å². The molecule has 0 radical (unpaired) electrons. The first-order valence-electron chi connectivity index (χ1n) is 5.61. The van der Waals surface area contributed by atoms with Crippen molar-refractivity contribution < 1.29 is 10.4 Å². The average molecular weight is 198 g/mol. The molecule has 0 amide bonds. The summed E-state index contributed by atoms with van der Waals surface area (Å²) in [5.74, 6) is 0. The highest BCUT2D eigenvalue weighted by Gasteiger charge is 2.04. The molecule has 0 saturated carbocycles. The number of nitro benzene ring substituents is 1. The fourth-order valence-electron chi connectivity index (χ4n) is 0.600. The van der Waals surface area contributed by atoms with Crippen molar-refractivity contribution in [2.24, 2.45) is 10.3 Å². The molecule has 0 bridgehead atoms. The quantitative estimate of drug-likeness (QED) is 0.424. The van der Waals surface area contributed by atoms with Gasteiger partial charge in [0.15, 0.2) is 0 Å². The zero-order valence-corrected chi connectivity index (χ0v) is 7.61. The topological polar surface area (TPSA) is 71.1 Å². The summed E-state index contributed by atoms with van der Waals surface area (Å²) in [6, 6.07) is -2.62. The summed E-state index contributed by atoms with van der Waals surface area (Å²) >= 11 is 0. The molecule has 0 fully saturated rings. The zero-order valence-electron chi connectivity index (χ0n) is 11.6. The Kier molecular flexibility index (Phi) is 1.75. The number of nitrogens with zero attached hydrogens (tertiary/aromatic N) is 4. The molecule has 6 heteroatoms. The first kappa shape index (κ1) is 5.69. The van der Waals surface area contributed by atoms with Crippen LogP contribution < -0.4 is 0 Å². The Balaban J connectivity index is 3.57. The number of benzene rings is 1. The van der Waals surface area contributed by atoms with Crippen molar-refractivity contribution in [2.45, 2.75) is 0 Å². The average Bonchev–Trinajstić information content (AvgIpc) is 2.25. The van der Waals surface area contributed by atoms with E-state index in [-0.39, 0.29) is 0 Å². The van der Waals surface area contributed by atoms with Crippen molar-refractivity contribution in [1.29, 1.82) is 0 Å². The SMILES string of the molecule is [2H]c1c([2H])c(N=NN(C)C)c([2H])c([N+](=O)[O-])c1[2H]. The van der Waals surface area contributed by atoms with Gasteiger partial charge >= 0.3 is 0 Å². The van der Waals surface area contributed by atoms with Crippen molar-refractivity contribution in [3.8, 4) is 0 Å². The summed E-state index contributed by atoms with van der Waals surface area (Å²) in [4.78, 5) is 9.80. The molecular formula is C8H10N4O2. The van der Waals surface area contributed by atoms with E-state index in [2.05, 4.69) is 10.3 Å².